The van der Waals surface area contributed by atoms with E-state index in [9.17, 15) is 4.39 Å². The molecule has 2 aromatic carbocycles. The molecule has 1 unspecified atom stereocenters. The standard InChI is InChI=1S/C18H21ClFN/c1-4-9-21-18(14-5-8-17(20)13(3)10-14)16-7-6-15(19)11-12(16)2/h5-8,10-11,18,21H,4,9H2,1-3H3. The Labute approximate surface area is 131 Å². The van der Waals surface area contributed by atoms with E-state index in [2.05, 4.69) is 19.2 Å². The molecule has 21 heavy (non-hydrogen) atoms. The summed E-state index contributed by atoms with van der Waals surface area (Å²) in [7, 11) is 0. The van der Waals surface area contributed by atoms with Gasteiger partial charge in [0.05, 0.1) is 6.04 Å². The first-order chi connectivity index (χ1) is 10.0. The van der Waals surface area contributed by atoms with E-state index in [4.69, 9.17) is 11.6 Å². The van der Waals surface area contributed by atoms with E-state index in [1.165, 1.54) is 11.6 Å². The summed E-state index contributed by atoms with van der Waals surface area (Å²) < 4.78 is 13.5. The van der Waals surface area contributed by atoms with Gasteiger partial charge in [-0.3, -0.25) is 0 Å². The van der Waals surface area contributed by atoms with Gasteiger partial charge in [-0.1, -0.05) is 36.7 Å². The van der Waals surface area contributed by atoms with E-state index in [1.807, 2.05) is 30.3 Å². The first-order valence-electron chi connectivity index (χ1n) is 7.28. The summed E-state index contributed by atoms with van der Waals surface area (Å²) in [5.74, 6) is -0.166. The Balaban J connectivity index is 2.44. The number of hydrogen-bond acceptors (Lipinski definition) is 1. The molecule has 0 amide bonds. The minimum atomic E-state index is -0.166. The van der Waals surface area contributed by atoms with Gasteiger partial charge in [0.2, 0.25) is 0 Å². The molecule has 0 fully saturated rings. The van der Waals surface area contributed by atoms with Crippen molar-refractivity contribution in [1.29, 1.82) is 0 Å². The molecule has 3 heteroatoms. The summed E-state index contributed by atoms with van der Waals surface area (Å²) in [6.07, 6.45) is 1.04. The molecule has 2 rings (SSSR count). The van der Waals surface area contributed by atoms with Crippen LogP contribution in [0.2, 0.25) is 5.02 Å². The lowest BCUT2D eigenvalue weighted by atomic mass is 9.94. The lowest BCUT2D eigenvalue weighted by molar-refractivity contribution is 0.588. The fourth-order valence-electron chi connectivity index (χ4n) is 2.51. The van der Waals surface area contributed by atoms with Crippen molar-refractivity contribution in [3.8, 4) is 0 Å². The van der Waals surface area contributed by atoms with Crippen LogP contribution in [0.25, 0.3) is 0 Å². The Morgan fingerprint density at radius 2 is 1.86 bits per heavy atom. The summed E-state index contributed by atoms with van der Waals surface area (Å²) in [4.78, 5) is 0. The molecule has 1 nitrogen and oxygen atoms in total. The molecule has 0 saturated heterocycles. The molecule has 0 radical (unpaired) electrons. The average molecular weight is 306 g/mol. The van der Waals surface area contributed by atoms with Crippen LogP contribution >= 0.6 is 11.6 Å². The quantitative estimate of drug-likeness (QED) is 0.802. The molecule has 2 aromatic rings. The second kappa shape index (κ2) is 7.06. The Morgan fingerprint density at radius 3 is 2.48 bits per heavy atom. The molecule has 0 saturated carbocycles. The molecule has 0 bridgehead atoms. The van der Waals surface area contributed by atoms with E-state index >= 15 is 0 Å². The molecule has 1 N–H and O–H groups in total. The van der Waals surface area contributed by atoms with Crippen molar-refractivity contribution in [2.24, 2.45) is 0 Å². The highest BCUT2D eigenvalue weighted by atomic mass is 35.5. The van der Waals surface area contributed by atoms with Gasteiger partial charge >= 0.3 is 0 Å². The Hall–Kier alpha value is -1.38. The second-order valence-corrected chi connectivity index (χ2v) is 5.83. The van der Waals surface area contributed by atoms with Gasteiger partial charge < -0.3 is 5.32 Å². The molecular formula is C18H21ClFN. The van der Waals surface area contributed by atoms with E-state index in [0.717, 1.165) is 29.1 Å². The summed E-state index contributed by atoms with van der Waals surface area (Å²) in [5, 5.41) is 4.28. The first kappa shape index (κ1) is 16.0. The van der Waals surface area contributed by atoms with E-state index < -0.39 is 0 Å². The first-order valence-corrected chi connectivity index (χ1v) is 7.66. The zero-order chi connectivity index (χ0) is 15.4. The van der Waals surface area contributed by atoms with Crippen LogP contribution in [0.5, 0.6) is 0 Å². The minimum Gasteiger partial charge on any atom is -0.306 e. The average Bonchev–Trinajstić information content (AvgIpc) is 2.44. The summed E-state index contributed by atoms with van der Waals surface area (Å²) in [6, 6.07) is 11.3. The highest BCUT2D eigenvalue weighted by Gasteiger charge is 2.16. The number of halogens is 2. The van der Waals surface area contributed by atoms with Gasteiger partial charge in [-0.05, 0) is 67.3 Å². The normalized spacial score (nSPS) is 12.4. The van der Waals surface area contributed by atoms with Crippen molar-refractivity contribution in [2.75, 3.05) is 6.54 Å². The molecule has 0 aromatic heterocycles. The third kappa shape index (κ3) is 3.84. The van der Waals surface area contributed by atoms with Crippen LogP contribution in [0, 0.1) is 19.7 Å². The van der Waals surface area contributed by atoms with Crippen molar-refractivity contribution in [2.45, 2.75) is 33.2 Å². The maximum absolute atomic E-state index is 13.5. The monoisotopic (exact) mass is 305 g/mol. The SMILES string of the molecule is CCCNC(c1ccc(F)c(C)c1)c1ccc(Cl)cc1C. The maximum atomic E-state index is 13.5. The number of aryl methyl sites for hydroxylation is 2. The molecule has 1 atom stereocenters. The van der Waals surface area contributed by atoms with Crippen molar-refractivity contribution in [3.05, 3.63) is 69.5 Å². The Morgan fingerprint density at radius 1 is 1.10 bits per heavy atom. The summed E-state index contributed by atoms with van der Waals surface area (Å²) in [5.41, 5.74) is 4.06. The number of hydrogen-bond donors (Lipinski definition) is 1. The van der Waals surface area contributed by atoms with Gasteiger partial charge in [0, 0.05) is 5.02 Å². The lowest BCUT2D eigenvalue weighted by Crippen LogP contribution is -2.24. The summed E-state index contributed by atoms with van der Waals surface area (Å²) in [6.45, 7) is 6.89. The topological polar surface area (TPSA) is 12.0 Å². The van der Waals surface area contributed by atoms with Crippen molar-refractivity contribution in [1.82, 2.24) is 5.32 Å². The van der Waals surface area contributed by atoms with Gasteiger partial charge in [-0.15, -0.1) is 0 Å². The van der Waals surface area contributed by atoms with Crippen LogP contribution in [0.1, 0.15) is 41.6 Å². The highest BCUT2D eigenvalue weighted by molar-refractivity contribution is 6.30. The fraction of sp³-hybridized carbons (Fsp3) is 0.333. The van der Waals surface area contributed by atoms with Gasteiger partial charge in [0.1, 0.15) is 5.82 Å². The fourth-order valence-corrected chi connectivity index (χ4v) is 2.73. The van der Waals surface area contributed by atoms with Crippen molar-refractivity contribution < 1.29 is 4.39 Å². The number of rotatable bonds is 5. The largest absolute Gasteiger partial charge is 0.306 e. The lowest BCUT2D eigenvalue weighted by Gasteiger charge is -2.22. The van der Waals surface area contributed by atoms with Crippen LogP contribution < -0.4 is 5.32 Å². The highest BCUT2D eigenvalue weighted by Crippen LogP contribution is 2.28. The second-order valence-electron chi connectivity index (χ2n) is 5.40. The van der Waals surface area contributed by atoms with Gasteiger partial charge in [-0.2, -0.15) is 0 Å². The predicted octanol–water partition coefficient (Wildman–Crippen LogP) is 5.18. The van der Waals surface area contributed by atoms with E-state index in [1.54, 1.807) is 6.92 Å². The smallest absolute Gasteiger partial charge is 0.126 e. The molecule has 0 aliphatic rings. The third-order valence-corrected chi connectivity index (χ3v) is 3.89. The zero-order valence-corrected chi connectivity index (χ0v) is 13.5. The van der Waals surface area contributed by atoms with E-state index in [0.29, 0.717) is 5.56 Å². The van der Waals surface area contributed by atoms with Crippen LogP contribution in [0.4, 0.5) is 4.39 Å². The Bertz CT molecular complexity index is 625. The Kier molecular flexibility index (Phi) is 5.38. The van der Waals surface area contributed by atoms with E-state index in [-0.39, 0.29) is 11.9 Å². The van der Waals surface area contributed by atoms with Crippen LogP contribution in [-0.4, -0.2) is 6.54 Å². The van der Waals surface area contributed by atoms with Crippen LogP contribution in [-0.2, 0) is 0 Å². The summed E-state index contributed by atoms with van der Waals surface area (Å²) >= 11 is 6.05. The molecular weight excluding hydrogens is 285 g/mol. The predicted molar refractivity (Wildman–Crippen MR) is 87.5 cm³/mol. The third-order valence-electron chi connectivity index (χ3n) is 3.66. The van der Waals surface area contributed by atoms with Gasteiger partial charge in [0.15, 0.2) is 0 Å². The number of nitrogens with one attached hydrogen (secondary N) is 1. The van der Waals surface area contributed by atoms with Crippen LogP contribution in [0.3, 0.4) is 0 Å². The van der Waals surface area contributed by atoms with Crippen molar-refractivity contribution >= 4 is 11.6 Å². The van der Waals surface area contributed by atoms with Gasteiger partial charge in [0.25, 0.3) is 0 Å². The molecule has 0 spiro atoms. The van der Waals surface area contributed by atoms with Crippen molar-refractivity contribution in [3.63, 3.8) is 0 Å². The maximum Gasteiger partial charge on any atom is 0.126 e. The molecule has 0 aliphatic heterocycles. The van der Waals surface area contributed by atoms with Gasteiger partial charge in [-0.25, -0.2) is 4.39 Å². The zero-order valence-electron chi connectivity index (χ0n) is 12.7. The molecule has 0 aliphatic carbocycles. The molecule has 0 heterocycles. The van der Waals surface area contributed by atoms with Crippen LogP contribution in [0.15, 0.2) is 36.4 Å². The number of benzene rings is 2. The molecule has 112 valence electrons. The minimum absolute atomic E-state index is 0.0570.